The Bertz CT molecular complexity index is 663. The Morgan fingerprint density at radius 2 is 2.24 bits per heavy atom. The number of rotatable bonds is 5. The Morgan fingerprint density at radius 1 is 1.38 bits per heavy atom. The van der Waals surface area contributed by atoms with E-state index in [4.69, 9.17) is 9.47 Å². The number of benzene rings is 1. The van der Waals surface area contributed by atoms with Gasteiger partial charge in [-0.05, 0) is 30.2 Å². The molecule has 2 N–H and O–H groups in total. The molecule has 1 amide bonds. The molecular weight excluding hydrogens is 268 g/mol. The summed E-state index contributed by atoms with van der Waals surface area (Å²) in [4.78, 5) is 15.2. The molecule has 1 aromatic carbocycles. The van der Waals surface area contributed by atoms with Crippen molar-refractivity contribution in [2.75, 3.05) is 20.8 Å². The summed E-state index contributed by atoms with van der Waals surface area (Å²) in [6.45, 7) is 0.462. The van der Waals surface area contributed by atoms with Crippen LogP contribution in [0.15, 0.2) is 18.2 Å². The second-order valence-electron chi connectivity index (χ2n) is 5.41. The van der Waals surface area contributed by atoms with Crippen LogP contribution in [-0.2, 0) is 22.4 Å². The van der Waals surface area contributed by atoms with Crippen molar-refractivity contribution in [3.63, 3.8) is 0 Å². The third-order valence-electron chi connectivity index (χ3n) is 4.00. The highest BCUT2D eigenvalue weighted by Crippen LogP contribution is 2.32. The van der Waals surface area contributed by atoms with Gasteiger partial charge in [0.1, 0.15) is 5.75 Å². The third-order valence-corrected chi connectivity index (χ3v) is 4.00. The van der Waals surface area contributed by atoms with Gasteiger partial charge in [0.15, 0.2) is 0 Å². The fourth-order valence-electron chi connectivity index (χ4n) is 2.98. The zero-order valence-electron chi connectivity index (χ0n) is 12.4. The summed E-state index contributed by atoms with van der Waals surface area (Å²) in [6.07, 6.45) is 2.13. The van der Waals surface area contributed by atoms with E-state index in [0.29, 0.717) is 13.0 Å². The van der Waals surface area contributed by atoms with Crippen molar-refractivity contribution in [2.45, 2.75) is 25.3 Å². The van der Waals surface area contributed by atoms with Crippen molar-refractivity contribution in [2.24, 2.45) is 0 Å². The molecule has 1 aliphatic rings. The van der Waals surface area contributed by atoms with Crippen molar-refractivity contribution < 1.29 is 14.3 Å². The predicted molar refractivity (Wildman–Crippen MR) is 80.7 cm³/mol. The second kappa shape index (κ2) is 5.77. The number of fused-ring (bicyclic) bond motifs is 3. The lowest BCUT2D eigenvalue weighted by molar-refractivity contribution is -0.122. The summed E-state index contributed by atoms with van der Waals surface area (Å²) >= 11 is 0. The lowest BCUT2D eigenvalue weighted by atomic mass is 10.1. The van der Waals surface area contributed by atoms with Crippen molar-refractivity contribution in [3.8, 4) is 5.75 Å². The van der Waals surface area contributed by atoms with Gasteiger partial charge in [-0.1, -0.05) is 0 Å². The minimum atomic E-state index is 0.0499. The third kappa shape index (κ3) is 2.74. The molecular formula is C16H20N2O3. The number of hydrogen-bond acceptors (Lipinski definition) is 3. The first-order valence-corrected chi connectivity index (χ1v) is 7.17. The Balaban J connectivity index is 1.74. The quantitative estimate of drug-likeness (QED) is 0.882. The van der Waals surface area contributed by atoms with Crippen LogP contribution in [0.25, 0.3) is 10.9 Å². The zero-order valence-corrected chi connectivity index (χ0v) is 12.4. The fraction of sp³-hybridized carbons (Fsp3) is 0.438. The van der Waals surface area contributed by atoms with Crippen molar-refractivity contribution >= 4 is 16.8 Å². The largest absolute Gasteiger partial charge is 0.497 e. The van der Waals surface area contributed by atoms with Crippen LogP contribution in [0.3, 0.4) is 0 Å². The van der Waals surface area contributed by atoms with E-state index in [1.165, 1.54) is 16.6 Å². The minimum Gasteiger partial charge on any atom is -0.497 e. The van der Waals surface area contributed by atoms with E-state index in [-0.39, 0.29) is 11.9 Å². The fourth-order valence-corrected chi connectivity index (χ4v) is 2.98. The van der Waals surface area contributed by atoms with Crippen molar-refractivity contribution in [1.82, 2.24) is 10.3 Å². The monoisotopic (exact) mass is 288 g/mol. The van der Waals surface area contributed by atoms with Crippen LogP contribution in [0.1, 0.15) is 17.7 Å². The number of carbonyl (C=O) groups excluding carboxylic acids is 1. The molecule has 0 spiro atoms. The Kier molecular flexibility index (Phi) is 3.84. The smallest absolute Gasteiger partial charge is 0.222 e. The van der Waals surface area contributed by atoms with E-state index >= 15 is 0 Å². The lowest BCUT2D eigenvalue weighted by Crippen LogP contribution is -2.35. The van der Waals surface area contributed by atoms with Gasteiger partial charge in [0.2, 0.25) is 5.91 Å². The number of H-pyrrole nitrogens is 1. The Morgan fingerprint density at radius 3 is 3.00 bits per heavy atom. The predicted octanol–water partition coefficient (Wildman–Crippen LogP) is 1.80. The molecule has 5 nitrogen and oxygen atoms in total. The van der Waals surface area contributed by atoms with Gasteiger partial charge in [-0.15, -0.1) is 0 Å². The molecule has 0 saturated heterocycles. The molecule has 0 aliphatic heterocycles. The van der Waals surface area contributed by atoms with Crippen molar-refractivity contribution in [3.05, 3.63) is 29.5 Å². The molecule has 2 aromatic rings. The van der Waals surface area contributed by atoms with Crippen LogP contribution in [0.5, 0.6) is 5.75 Å². The normalized spacial score (nSPS) is 17.0. The van der Waals surface area contributed by atoms with E-state index in [1.54, 1.807) is 14.2 Å². The first-order chi connectivity index (χ1) is 10.2. The highest BCUT2D eigenvalue weighted by atomic mass is 16.5. The molecule has 0 bridgehead atoms. The summed E-state index contributed by atoms with van der Waals surface area (Å²) in [5, 5.41) is 4.26. The van der Waals surface area contributed by atoms with Crippen LogP contribution < -0.4 is 10.1 Å². The average molecular weight is 288 g/mol. The second-order valence-corrected chi connectivity index (χ2v) is 5.41. The van der Waals surface area contributed by atoms with E-state index in [0.717, 1.165) is 24.1 Å². The van der Waals surface area contributed by atoms with Gasteiger partial charge in [0.05, 0.1) is 13.7 Å². The summed E-state index contributed by atoms with van der Waals surface area (Å²) in [5.41, 5.74) is 3.64. The average Bonchev–Trinajstić information content (AvgIpc) is 3.01. The zero-order chi connectivity index (χ0) is 14.8. The molecule has 0 saturated carbocycles. The lowest BCUT2D eigenvalue weighted by Gasteiger charge is -2.12. The maximum Gasteiger partial charge on any atom is 0.222 e. The van der Waals surface area contributed by atoms with Gasteiger partial charge in [0.25, 0.3) is 0 Å². The highest BCUT2D eigenvalue weighted by Gasteiger charge is 2.26. The van der Waals surface area contributed by atoms with E-state index in [1.807, 2.05) is 12.1 Å². The number of amides is 1. The molecule has 1 aromatic heterocycles. The maximum absolute atomic E-state index is 11.8. The Labute approximate surface area is 123 Å². The van der Waals surface area contributed by atoms with Crippen LogP contribution in [-0.4, -0.2) is 37.8 Å². The topological polar surface area (TPSA) is 63.3 Å². The molecule has 1 aliphatic carbocycles. The highest BCUT2D eigenvalue weighted by molar-refractivity contribution is 5.87. The summed E-state index contributed by atoms with van der Waals surface area (Å²) in [6, 6.07) is 6.22. The molecule has 1 heterocycles. The number of aromatic nitrogens is 1. The molecule has 21 heavy (non-hydrogen) atoms. The number of aromatic amines is 1. The standard InChI is InChI=1S/C16H20N2O3/c1-20-6-5-16(19)17-10-7-12-13-9-11(21-2)3-4-14(13)18-15(12)8-10/h3-4,9-10,18H,5-8H2,1-2H3,(H,17,19). The van der Waals surface area contributed by atoms with E-state index < -0.39 is 0 Å². The SMILES string of the molecule is COCCC(=O)NC1Cc2[nH]c3ccc(OC)cc3c2C1. The van der Waals surface area contributed by atoms with Gasteiger partial charge in [-0.2, -0.15) is 0 Å². The number of hydrogen-bond donors (Lipinski definition) is 2. The van der Waals surface area contributed by atoms with Crippen LogP contribution >= 0.6 is 0 Å². The number of nitrogens with one attached hydrogen (secondary N) is 2. The summed E-state index contributed by atoms with van der Waals surface area (Å²) < 4.78 is 10.2. The van der Waals surface area contributed by atoms with Gasteiger partial charge < -0.3 is 19.8 Å². The summed E-state index contributed by atoms with van der Waals surface area (Å²) in [5.74, 6) is 0.908. The number of methoxy groups -OCH3 is 2. The molecule has 0 radical (unpaired) electrons. The summed E-state index contributed by atoms with van der Waals surface area (Å²) in [7, 11) is 3.28. The molecule has 3 rings (SSSR count). The molecule has 1 atom stereocenters. The minimum absolute atomic E-state index is 0.0499. The van der Waals surface area contributed by atoms with Crippen LogP contribution in [0.2, 0.25) is 0 Å². The number of ether oxygens (including phenoxy) is 2. The Hall–Kier alpha value is -2.01. The van der Waals surface area contributed by atoms with Gasteiger partial charge in [0, 0.05) is 42.6 Å². The first kappa shape index (κ1) is 13.9. The molecule has 1 unspecified atom stereocenters. The maximum atomic E-state index is 11.8. The van der Waals surface area contributed by atoms with Gasteiger partial charge in [-0.3, -0.25) is 4.79 Å². The van der Waals surface area contributed by atoms with Crippen molar-refractivity contribution in [1.29, 1.82) is 0 Å². The first-order valence-electron chi connectivity index (χ1n) is 7.17. The van der Waals surface area contributed by atoms with Crippen LogP contribution in [0, 0.1) is 0 Å². The van der Waals surface area contributed by atoms with E-state index in [2.05, 4.69) is 16.4 Å². The molecule has 0 fully saturated rings. The van der Waals surface area contributed by atoms with Crippen LogP contribution in [0.4, 0.5) is 0 Å². The number of carbonyl (C=O) groups is 1. The van der Waals surface area contributed by atoms with E-state index in [9.17, 15) is 4.79 Å². The van der Waals surface area contributed by atoms with Gasteiger partial charge >= 0.3 is 0 Å². The molecule has 5 heteroatoms. The molecule has 112 valence electrons. The van der Waals surface area contributed by atoms with Gasteiger partial charge in [-0.25, -0.2) is 0 Å².